The van der Waals surface area contributed by atoms with Gasteiger partial charge in [-0.1, -0.05) is 0 Å². The second kappa shape index (κ2) is 6.30. The number of fused-ring (bicyclic) bond motifs is 1. The average molecular weight is 331 g/mol. The number of carbonyl (C=O) groups excluding carboxylic acids is 1. The van der Waals surface area contributed by atoms with Crippen molar-refractivity contribution in [1.29, 1.82) is 0 Å². The van der Waals surface area contributed by atoms with Gasteiger partial charge in [-0.15, -0.1) is 0 Å². The summed E-state index contributed by atoms with van der Waals surface area (Å²) in [6.45, 7) is 9.21. The monoisotopic (exact) mass is 331 g/mol. The molecule has 1 saturated heterocycles. The molecule has 0 spiro atoms. The van der Waals surface area contributed by atoms with Gasteiger partial charge in [0.15, 0.2) is 5.82 Å². The van der Waals surface area contributed by atoms with E-state index >= 15 is 0 Å². The third-order valence-corrected chi connectivity index (χ3v) is 3.93. The lowest BCUT2D eigenvalue weighted by Crippen LogP contribution is -2.49. The smallest absolute Gasteiger partial charge is 0.407 e. The minimum atomic E-state index is -0.485. The second-order valence-electron chi connectivity index (χ2n) is 7.30. The SMILES string of the molecule is Cc1cc2c(N3CCCC(NC(=O)OC(C)(C)C)C3)nccn2n1. The van der Waals surface area contributed by atoms with Gasteiger partial charge in [-0.25, -0.2) is 14.3 Å². The first-order valence-corrected chi connectivity index (χ1v) is 8.37. The fourth-order valence-electron chi connectivity index (χ4n) is 3.04. The minimum absolute atomic E-state index is 0.0553. The number of hydrogen-bond acceptors (Lipinski definition) is 5. The van der Waals surface area contributed by atoms with Crippen molar-refractivity contribution in [1.82, 2.24) is 19.9 Å². The minimum Gasteiger partial charge on any atom is -0.444 e. The van der Waals surface area contributed by atoms with Gasteiger partial charge in [0.25, 0.3) is 0 Å². The van der Waals surface area contributed by atoms with Crippen LogP contribution in [-0.4, -0.2) is 45.4 Å². The second-order valence-corrected chi connectivity index (χ2v) is 7.30. The number of rotatable bonds is 2. The van der Waals surface area contributed by atoms with Crippen molar-refractivity contribution < 1.29 is 9.53 Å². The molecule has 1 unspecified atom stereocenters. The Kier molecular flexibility index (Phi) is 4.34. The third-order valence-electron chi connectivity index (χ3n) is 3.93. The van der Waals surface area contributed by atoms with Crippen LogP contribution in [0, 0.1) is 6.92 Å². The Morgan fingerprint density at radius 2 is 2.21 bits per heavy atom. The standard InChI is InChI=1S/C17H25N5O2/c1-12-10-14-15(18-7-9-22(14)20-12)21-8-5-6-13(11-21)19-16(23)24-17(2,3)4/h7,9-10,13H,5-6,8,11H2,1-4H3,(H,19,23). The maximum absolute atomic E-state index is 12.0. The average Bonchev–Trinajstić information content (AvgIpc) is 2.85. The van der Waals surface area contributed by atoms with Crippen LogP contribution in [0.25, 0.3) is 5.52 Å². The summed E-state index contributed by atoms with van der Waals surface area (Å²) in [5.74, 6) is 0.911. The number of anilines is 1. The van der Waals surface area contributed by atoms with Gasteiger partial charge in [-0.05, 0) is 46.6 Å². The number of nitrogens with zero attached hydrogens (tertiary/aromatic N) is 4. The van der Waals surface area contributed by atoms with E-state index in [0.717, 1.165) is 43.0 Å². The number of aromatic nitrogens is 3. The van der Waals surface area contributed by atoms with E-state index in [0.29, 0.717) is 0 Å². The lowest BCUT2D eigenvalue weighted by Gasteiger charge is -2.34. The lowest BCUT2D eigenvalue weighted by molar-refractivity contribution is 0.0500. The van der Waals surface area contributed by atoms with Gasteiger partial charge in [-0.2, -0.15) is 5.10 Å². The number of alkyl carbamates (subject to hydrolysis) is 1. The van der Waals surface area contributed by atoms with E-state index in [2.05, 4.69) is 20.3 Å². The molecule has 1 N–H and O–H groups in total. The third kappa shape index (κ3) is 3.77. The summed E-state index contributed by atoms with van der Waals surface area (Å²) in [5, 5.41) is 7.41. The van der Waals surface area contributed by atoms with Gasteiger partial charge in [-0.3, -0.25) is 0 Å². The van der Waals surface area contributed by atoms with E-state index in [1.165, 1.54) is 0 Å². The number of hydrogen-bond donors (Lipinski definition) is 1. The molecule has 2 aromatic heterocycles. The van der Waals surface area contributed by atoms with Gasteiger partial charge in [0.05, 0.1) is 5.69 Å². The van der Waals surface area contributed by atoms with Gasteiger partial charge >= 0.3 is 6.09 Å². The number of nitrogens with one attached hydrogen (secondary N) is 1. The summed E-state index contributed by atoms with van der Waals surface area (Å²) < 4.78 is 7.21. The fraction of sp³-hybridized carbons (Fsp3) is 0.588. The Bertz CT molecular complexity index is 734. The van der Waals surface area contributed by atoms with Crippen LogP contribution in [-0.2, 0) is 4.74 Å². The molecule has 3 heterocycles. The molecule has 1 amide bonds. The molecule has 0 aromatic carbocycles. The number of aryl methyl sites for hydroxylation is 1. The van der Waals surface area contributed by atoms with Crippen LogP contribution in [0.1, 0.15) is 39.3 Å². The van der Waals surface area contributed by atoms with Crippen LogP contribution < -0.4 is 10.2 Å². The molecule has 1 aliphatic heterocycles. The van der Waals surface area contributed by atoms with Gasteiger partial charge in [0.2, 0.25) is 0 Å². The summed E-state index contributed by atoms with van der Waals surface area (Å²) in [6, 6.07) is 2.09. The maximum atomic E-state index is 12.0. The maximum Gasteiger partial charge on any atom is 0.407 e. The van der Waals surface area contributed by atoms with Crippen LogP contribution in [0.15, 0.2) is 18.5 Å². The predicted molar refractivity (Wildman–Crippen MR) is 92.3 cm³/mol. The van der Waals surface area contributed by atoms with Crippen molar-refractivity contribution in [3.05, 3.63) is 24.2 Å². The fourth-order valence-corrected chi connectivity index (χ4v) is 3.04. The number of piperidine rings is 1. The first-order chi connectivity index (χ1) is 11.3. The normalized spacial score (nSPS) is 18.7. The molecular weight excluding hydrogens is 306 g/mol. The highest BCUT2D eigenvalue weighted by Gasteiger charge is 2.26. The molecule has 1 fully saturated rings. The van der Waals surface area contributed by atoms with E-state index in [1.54, 1.807) is 6.20 Å². The molecule has 2 aromatic rings. The van der Waals surface area contributed by atoms with Crippen molar-refractivity contribution in [2.75, 3.05) is 18.0 Å². The van der Waals surface area contributed by atoms with Crippen molar-refractivity contribution in [2.24, 2.45) is 0 Å². The van der Waals surface area contributed by atoms with E-state index in [-0.39, 0.29) is 12.1 Å². The molecule has 0 aliphatic carbocycles. The Morgan fingerprint density at radius 3 is 2.96 bits per heavy atom. The largest absolute Gasteiger partial charge is 0.444 e. The highest BCUT2D eigenvalue weighted by atomic mass is 16.6. The van der Waals surface area contributed by atoms with Crippen LogP contribution in [0.4, 0.5) is 10.6 Å². The molecule has 1 atom stereocenters. The summed E-state index contributed by atoms with van der Waals surface area (Å²) in [6.07, 6.45) is 5.19. The van der Waals surface area contributed by atoms with Crippen molar-refractivity contribution in [3.8, 4) is 0 Å². The zero-order valence-electron chi connectivity index (χ0n) is 14.7. The molecule has 3 rings (SSSR count). The molecule has 1 aliphatic rings. The summed E-state index contributed by atoms with van der Waals surface area (Å²) in [4.78, 5) is 18.8. The molecular formula is C17H25N5O2. The lowest BCUT2D eigenvalue weighted by atomic mass is 10.1. The van der Waals surface area contributed by atoms with Gasteiger partial charge < -0.3 is 15.0 Å². The molecule has 130 valence electrons. The highest BCUT2D eigenvalue weighted by molar-refractivity contribution is 5.70. The van der Waals surface area contributed by atoms with Crippen LogP contribution in [0.5, 0.6) is 0 Å². The molecule has 0 bridgehead atoms. The number of ether oxygens (including phenoxy) is 1. The molecule has 7 heteroatoms. The Hall–Kier alpha value is -2.31. The van der Waals surface area contributed by atoms with E-state index in [1.807, 2.05) is 44.5 Å². The Labute approximate surface area is 142 Å². The summed E-state index contributed by atoms with van der Waals surface area (Å²) in [5.41, 5.74) is 1.47. The molecule has 0 saturated carbocycles. The zero-order chi connectivity index (χ0) is 17.3. The number of carbonyl (C=O) groups is 1. The number of amides is 1. The van der Waals surface area contributed by atoms with Crippen molar-refractivity contribution >= 4 is 17.4 Å². The molecule has 24 heavy (non-hydrogen) atoms. The van der Waals surface area contributed by atoms with Gasteiger partial charge in [0.1, 0.15) is 11.1 Å². The Balaban J connectivity index is 1.72. The first-order valence-electron chi connectivity index (χ1n) is 8.37. The van der Waals surface area contributed by atoms with E-state index in [9.17, 15) is 4.79 Å². The molecule has 0 radical (unpaired) electrons. The van der Waals surface area contributed by atoms with Crippen molar-refractivity contribution in [3.63, 3.8) is 0 Å². The predicted octanol–water partition coefficient (Wildman–Crippen LogP) is 2.53. The summed E-state index contributed by atoms with van der Waals surface area (Å²) in [7, 11) is 0. The summed E-state index contributed by atoms with van der Waals surface area (Å²) >= 11 is 0. The van der Waals surface area contributed by atoms with Crippen LogP contribution in [0.3, 0.4) is 0 Å². The Morgan fingerprint density at radius 1 is 1.42 bits per heavy atom. The topological polar surface area (TPSA) is 71.8 Å². The van der Waals surface area contributed by atoms with Crippen LogP contribution in [0.2, 0.25) is 0 Å². The quantitative estimate of drug-likeness (QED) is 0.915. The zero-order valence-corrected chi connectivity index (χ0v) is 14.7. The highest BCUT2D eigenvalue weighted by Crippen LogP contribution is 2.23. The van der Waals surface area contributed by atoms with E-state index in [4.69, 9.17) is 4.74 Å². The van der Waals surface area contributed by atoms with Gasteiger partial charge in [0, 0.05) is 31.5 Å². The van der Waals surface area contributed by atoms with E-state index < -0.39 is 5.60 Å². The molecule has 7 nitrogen and oxygen atoms in total. The van der Waals surface area contributed by atoms with Crippen LogP contribution >= 0.6 is 0 Å². The first kappa shape index (κ1) is 16.5. The van der Waals surface area contributed by atoms with Crippen molar-refractivity contribution in [2.45, 2.75) is 52.2 Å².